The van der Waals surface area contributed by atoms with Crippen LogP contribution in [0.5, 0.6) is 0 Å². The van der Waals surface area contributed by atoms with Gasteiger partial charge in [0.1, 0.15) is 6.54 Å². The highest BCUT2D eigenvalue weighted by Gasteiger charge is 2.36. The lowest BCUT2D eigenvalue weighted by atomic mass is 9.75. The fraction of sp³-hybridized carbons (Fsp3) is 0.550. The van der Waals surface area contributed by atoms with E-state index in [1.54, 1.807) is 18.2 Å². The highest BCUT2D eigenvalue weighted by molar-refractivity contribution is 6.11. The van der Waals surface area contributed by atoms with E-state index in [-0.39, 0.29) is 30.7 Å². The largest absolute Gasteiger partial charge is 0.341 e. The van der Waals surface area contributed by atoms with Crippen molar-refractivity contribution in [3.63, 3.8) is 0 Å². The summed E-state index contributed by atoms with van der Waals surface area (Å²) in [5.74, 6) is 0.644. The number of amides is 3. The topological polar surface area (TPSA) is 57.7 Å². The lowest BCUT2D eigenvalue weighted by molar-refractivity contribution is -0.140. The monoisotopic (exact) mass is 340 g/mol. The van der Waals surface area contributed by atoms with Gasteiger partial charge in [-0.2, -0.15) is 0 Å². The van der Waals surface area contributed by atoms with Crippen molar-refractivity contribution in [2.45, 2.75) is 38.5 Å². The van der Waals surface area contributed by atoms with E-state index in [1.807, 2.05) is 11.0 Å². The summed E-state index contributed by atoms with van der Waals surface area (Å²) in [5.41, 5.74) is 1.30. The predicted molar refractivity (Wildman–Crippen MR) is 92.8 cm³/mol. The summed E-state index contributed by atoms with van der Waals surface area (Å²) in [4.78, 5) is 40.7. The van der Waals surface area contributed by atoms with Crippen LogP contribution in [0.1, 0.15) is 48.0 Å². The van der Waals surface area contributed by atoms with E-state index in [2.05, 4.69) is 0 Å². The van der Waals surface area contributed by atoms with Crippen LogP contribution in [0.15, 0.2) is 24.3 Å². The fourth-order valence-electron chi connectivity index (χ4n) is 4.62. The van der Waals surface area contributed by atoms with Crippen molar-refractivity contribution in [1.82, 2.24) is 9.80 Å². The molecule has 0 aromatic heterocycles. The van der Waals surface area contributed by atoms with Gasteiger partial charge in [0.05, 0.1) is 6.42 Å². The Bertz CT molecular complexity index is 715. The van der Waals surface area contributed by atoms with Crippen molar-refractivity contribution in [3.8, 4) is 0 Å². The minimum atomic E-state index is -0.340. The maximum absolute atomic E-state index is 12.7. The number of rotatable bonds is 2. The van der Waals surface area contributed by atoms with Crippen LogP contribution >= 0.6 is 0 Å². The van der Waals surface area contributed by atoms with E-state index in [0.717, 1.165) is 35.9 Å². The first-order chi connectivity index (χ1) is 12.1. The Morgan fingerprint density at radius 3 is 2.64 bits per heavy atom. The molecule has 0 N–H and O–H groups in total. The average molecular weight is 340 g/mol. The highest BCUT2D eigenvalue weighted by Crippen LogP contribution is 2.36. The van der Waals surface area contributed by atoms with Crippen LogP contribution < -0.4 is 0 Å². The zero-order valence-corrected chi connectivity index (χ0v) is 14.4. The Hall–Kier alpha value is -2.17. The second kappa shape index (κ2) is 6.62. The first-order valence-electron chi connectivity index (χ1n) is 9.34. The van der Waals surface area contributed by atoms with Gasteiger partial charge < -0.3 is 4.90 Å². The van der Waals surface area contributed by atoms with Crippen molar-refractivity contribution < 1.29 is 14.4 Å². The van der Waals surface area contributed by atoms with Crippen molar-refractivity contribution in [2.24, 2.45) is 11.8 Å². The van der Waals surface area contributed by atoms with Crippen LogP contribution in [0.4, 0.5) is 0 Å². The number of nitrogens with zero attached hydrogens (tertiary/aromatic N) is 2. The molecule has 2 aliphatic heterocycles. The van der Waals surface area contributed by atoms with Crippen LogP contribution in [0.2, 0.25) is 0 Å². The Balaban J connectivity index is 1.44. The number of piperidine rings is 1. The van der Waals surface area contributed by atoms with E-state index in [9.17, 15) is 14.4 Å². The summed E-state index contributed by atoms with van der Waals surface area (Å²) in [6.45, 7) is 1.42. The van der Waals surface area contributed by atoms with E-state index in [0.29, 0.717) is 11.5 Å². The summed E-state index contributed by atoms with van der Waals surface area (Å²) in [7, 11) is 0. The Morgan fingerprint density at radius 1 is 1.04 bits per heavy atom. The van der Waals surface area contributed by atoms with Crippen LogP contribution in [0.3, 0.4) is 0 Å². The number of carbonyl (C=O) groups excluding carboxylic acids is 3. The molecule has 1 saturated heterocycles. The average Bonchev–Trinajstić information content (AvgIpc) is 2.64. The Labute approximate surface area is 148 Å². The van der Waals surface area contributed by atoms with Crippen molar-refractivity contribution in [3.05, 3.63) is 35.4 Å². The molecule has 1 aliphatic carbocycles. The molecule has 25 heavy (non-hydrogen) atoms. The molecule has 2 atom stereocenters. The summed E-state index contributed by atoms with van der Waals surface area (Å²) in [6, 6.07) is 7.15. The Kier molecular flexibility index (Phi) is 4.32. The molecular formula is C20H24N2O3. The number of hydrogen-bond donors (Lipinski definition) is 0. The second-order valence-corrected chi connectivity index (χ2v) is 7.55. The SMILES string of the molecule is O=C(CN1C(=O)Cc2ccccc2C1=O)N1CC[C@@H]2CCCC[C@H]2C1. The third kappa shape index (κ3) is 3.08. The predicted octanol–water partition coefficient (Wildman–Crippen LogP) is 2.25. The van der Waals surface area contributed by atoms with Crippen molar-refractivity contribution in [2.75, 3.05) is 19.6 Å². The molecule has 1 aromatic carbocycles. The fourth-order valence-corrected chi connectivity index (χ4v) is 4.62. The standard InChI is InChI=1S/C20H24N2O3/c23-18-11-15-6-3-4-8-17(15)20(25)22(18)13-19(24)21-10-9-14-5-1-2-7-16(14)12-21/h3-4,6,8,14,16H,1-2,5,7,9-13H2/t14-,16-/m0/s1. The van der Waals surface area contributed by atoms with Gasteiger partial charge in [0.25, 0.3) is 5.91 Å². The van der Waals surface area contributed by atoms with Crippen molar-refractivity contribution >= 4 is 17.7 Å². The van der Waals surface area contributed by atoms with E-state index < -0.39 is 0 Å². The van der Waals surface area contributed by atoms with Crippen molar-refractivity contribution in [1.29, 1.82) is 0 Å². The molecule has 2 heterocycles. The maximum Gasteiger partial charge on any atom is 0.261 e. The van der Waals surface area contributed by atoms with Crippen LogP contribution in [0, 0.1) is 11.8 Å². The van der Waals surface area contributed by atoms with Gasteiger partial charge >= 0.3 is 0 Å². The van der Waals surface area contributed by atoms with Crippen LogP contribution in [-0.2, 0) is 16.0 Å². The maximum atomic E-state index is 12.7. The van der Waals surface area contributed by atoms with Gasteiger partial charge in [-0.1, -0.05) is 37.5 Å². The van der Waals surface area contributed by atoms with E-state index in [1.165, 1.54) is 25.7 Å². The summed E-state index contributed by atoms with van der Waals surface area (Å²) in [6.07, 6.45) is 6.30. The highest BCUT2D eigenvalue weighted by atomic mass is 16.2. The van der Waals surface area contributed by atoms with Gasteiger partial charge in [-0.3, -0.25) is 19.3 Å². The summed E-state index contributed by atoms with van der Waals surface area (Å²) < 4.78 is 0. The molecule has 1 aromatic rings. The van der Waals surface area contributed by atoms with Gasteiger partial charge in [0, 0.05) is 18.7 Å². The number of fused-ring (bicyclic) bond motifs is 2. The molecule has 132 valence electrons. The first kappa shape index (κ1) is 16.3. The molecule has 5 heteroatoms. The first-order valence-corrected chi connectivity index (χ1v) is 9.34. The number of carbonyl (C=O) groups is 3. The molecule has 5 nitrogen and oxygen atoms in total. The third-order valence-electron chi connectivity index (χ3n) is 6.07. The molecule has 3 amide bonds. The van der Waals surface area contributed by atoms with Gasteiger partial charge in [-0.25, -0.2) is 0 Å². The smallest absolute Gasteiger partial charge is 0.261 e. The second-order valence-electron chi connectivity index (χ2n) is 7.55. The minimum absolute atomic E-state index is 0.0925. The molecule has 0 bridgehead atoms. The molecule has 1 saturated carbocycles. The minimum Gasteiger partial charge on any atom is -0.341 e. The van der Waals surface area contributed by atoms with Crippen LogP contribution in [-0.4, -0.2) is 47.2 Å². The van der Waals surface area contributed by atoms with Gasteiger partial charge in [0.15, 0.2) is 0 Å². The zero-order chi connectivity index (χ0) is 17.4. The van der Waals surface area contributed by atoms with E-state index >= 15 is 0 Å². The van der Waals surface area contributed by atoms with E-state index in [4.69, 9.17) is 0 Å². The number of imide groups is 1. The third-order valence-corrected chi connectivity index (χ3v) is 6.07. The van der Waals surface area contributed by atoms with Crippen LogP contribution in [0.25, 0.3) is 0 Å². The normalized spacial score (nSPS) is 26.2. The van der Waals surface area contributed by atoms with Gasteiger partial charge in [0.2, 0.25) is 11.8 Å². The lowest BCUT2D eigenvalue weighted by Gasteiger charge is -2.41. The summed E-state index contributed by atoms with van der Waals surface area (Å²) >= 11 is 0. The molecule has 2 fully saturated rings. The Morgan fingerprint density at radius 2 is 1.80 bits per heavy atom. The lowest BCUT2D eigenvalue weighted by Crippen LogP contribution is -2.51. The number of hydrogen-bond acceptors (Lipinski definition) is 3. The molecule has 4 rings (SSSR count). The molecule has 3 aliphatic rings. The molecule has 0 spiro atoms. The molecule has 0 radical (unpaired) electrons. The summed E-state index contributed by atoms with van der Waals surface area (Å²) in [5, 5.41) is 0. The quantitative estimate of drug-likeness (QED) is 0.776. The zero-order valence-electron chi connectivity index (χ0n) is 14.4. The molecule has 0 unspecified atom stereocenters. The van der Waals surface area contributed by atoms with Gasteiger partial charge in [-0.05, 0) is 36.3 Å². The molecular weight excluding hydrogens is 316 g/mol. The number of benzene rings is 1. The van der Waals surface area contributed by atoms with Gasteiger partial charge in [-0.15, -0.1) is 0 Å². The number of likely N-dealkylation sites (tertiary alicyclic amines) is 1.